The zero-order valence-corrected chi connectivity index (χ0v) is 13.1. The zero-order valence-electron chi connectivity index (χ0n) is 11.5. The molecule has 0 aromatic heterocycles. The van der Waals surface area contributed by atoms with Gasteiger partial charge in [0.15, 0.2) is 11.5 Å². The molecule has 1 fully saturated rings. The van der Waals surface area contributed by atoms with Crippen molar-refractivity contribution in [1.82, 2.24) is 5.32 Å². The Morgan fingerprint density at radius 2 is 2.30 bits per heavy atom. The second-order valence-corrected chi connectivity index (χ2v) is 5.09. The first kappa shape index (κ1) is 16.9. The number of ether oxygens (including phenoxy) is 2. The number of nitrogens with one attached hydrogen (secondary N) is 2. The number of thioether (sulfide) groups is 1. The monoisotopic (exact) mass is 318 g/mol. The summed E-state index contributed by atoms with van der Waals surface area (Å²) >= 11 is 1.72. The van der Waals surface area contributed by atoms with Gasteiger partial charge in [0.2, 0.25) is 5.91 Å². The lowest BCUT2D eigenvalue weighted by Crippen LogP contribution is -2.37. The fraction of sp³-hybridized carbons (Fsp3) is 0.462. The van der Waals surface area contributed by atoms with Crippen LogP contribution in [0.25, 0.3) is 0 Å². The van der Waals surface area contributed by atoms with Crippen molar-refractivity contribution in [3.8, 4) is 11.5 Å². The summed E-state index contributed by atoms with van der Waals surface area (Å²) in [6.07, 6.45) is 0. The lowest BCUT2D eigenvalue weighted by Gasteiger charge is -2.13. The molecule has 1 saturated heterocycles. The SMILES string of the molecule is CCOc1cc(NC(=O)C2CSCN2)ccc1OC.Cl. The van der Waals surface area contributed by atoms with Gasteiger partial charge in [-0.25, -0.2) is 0 Å². The first-order chi connectivity index (χ1) is 9.24. The number of hydrogen-bond donors (Lipinski definition) is 2. The molecule has 1 heterocycles. The highest BCUT2D eigenvalue weighted by molar-refractivity contribution is 7.99. The normalized spacial score (nSPS) is 17.2. The number of hydrogen-bond acceptors (Lipinski definition) is 5. The average molecular weight is 319 g/mol. The van der Waals surface area contributed by atoms with E-state index >= 15 is 0 Å². The number of rotatable bonds is 5. The molecule has 0 radical (unpaired) electrons. The van der Waals surface area contributed by atoms with E-state index in [2.05, 4.69) is 10.6 Å². The van der Waals surface area contributed by atoms with Crippen molar-refractivity contribution >= 4 is 35.8 Å². The zero-order chi connectivity index (χ0) is 13.7. The number of amides is 1. The van der Waals surface area contributed by atoms with Crippen LogP contribution < -0.4 is 20.1 Å². The molecule has 5 nitrogen and oxygen atoms in total. The molecule has 1 amide bonds. The van der Waals surface area contributed by atoms with Crippen LogP contribution in [0.15, 0.2) is 18.2 Å². The fourth-order valence-corrected chi connectivity index (χ4v) is 2.76. The first-order valence-corrected chi connectivity index (χ1v) is 7.33. The van der Waals surface area contributed by atoms with Crippen molar-refractivity contribution in [3.05, 3.63) is 18.2 Å². The summed E-state index contributed by atoms with van der Waals surface area (Å²) in [6, 6.07) is 5.25. The molecular weight excluding hydrogens is 300 g/mol. The Morgan fingerprint density at radius 1 is 1.50 bits per heavy atom. The van der Waals surface area contributed by atoms with E-state index in [1.54, 1.807) is 37.1 Å². The molecule has 1 aliphatic heterocycles. The average Bonchev–Trinajstić information content (AvgIpc) is 2.93. The van der Waals surface area contributed by atoms with Gasteiger partial charge in [-0.3, -0.25) is 10.1 Å². The van der Waals surface area contributed by atoms with Crippen LogP contribution in [0.1, 0.15) is 6.92 Å². The fourth-order valence-electron chi connectivity index (χ4n) is 1.82. The minimum Gasteiger partial charge on any atom is -0.493 e. The molecule has 7 heteroatoms. The Morgan fingerprint density at radius 3 is 2.90 bits per heavy atom. The van der Waals surface area contributed by atoms with Gasteiger partial charge in [0.25, 0.3) is 0 Å². The van der Waals surface area contributed by atoms with Crippen molar-refractivity contribution in [3.63, 3.8) is 0 Å². The molecule has 2 N–H and O–H groups in total. The smallest absolute Gasteiger partial charge is 0.242 e. The largest absolute Gasteiger partial charge is 0.493 e. The van der Waals surface area contributed by atoms with Crippen LogP contribution in [0.4, 0.5) is 5.69 Å². The lowest BCUT2D eigenvalue weighted by molar-refractivity contribution is -0.117. The van der Waals surface area contributed by atoms with Crippen molar-refractivity contribution in [2.24, 2.45) is 0 Å². The molecule has 1 aromatic rings. The molecule has 1 atom stereocenters. The molecular formula is C13H19ClN2O3S. The van der Waals surface area contributed by atoms with E-state index in [0.29, 0.717) is 23.8 Å². The van der Waals surface area contributed by atoms with Gasteiger partial charge in [0, 0.05) is 23.4 Å². The van der Waals surface area contributed by atoms with E-state index in [0.717, 1.165) is 11.6 Å². The van der Waals surface area contributed by atoms with Crippen LogP contribution in [0.2, 0.25) is 0 Å². The van der Waals surface area contributed by atoms with Gasteiger partial charge >= 0.3 is 0 Å². The van der Waals surface area contributed by atoms with E-state index in [1.165, 1.54) is 0 Å². The second kappa shape index (κ2) is 8.24. The van der Waals surface area contributed by atoms with Gasteiger partial charge in [0.1, 0.15) is 0 Å². The quantitative estimate of drug-likeness (QED) is 0.871. The van der Waals surface area contributed by atoms with Crippen LogP contribution in [0.3, 0.4) is 0 Å². The highest BCUT2D eigenvalue weighted by Gasteiger charge is 2.22. The lowest BCUT2D eigenvalue weighted by atomic mass is 10.2. The number of halogens is 1. The Bertz CT molecular complexity index is 453. The summed E-state index contributed by atoms with van der Waals surface area (Å²) in [5.74, 6) is 2.91. The van der Waals surface area contributed by atoms with E-state index in [1.807, 2.05) is 6.92 Å². The third-order valence-corrected chi connectivity index (χ3v) is 3.70. The minimum atomic E-state index is -0.123. The van der Waals surface area contributed by atoms with Crippen molar-refractivity contribution in [2.75, 3.05) is 30.7 Å². The van der Waals surface area contributed by atoms with E-state index in [-0.39, 0.29) is 24.4 Å². The summed E-state index contributed by atoms with van der Waals surface area (Å²) in [4.78, 5) is 12.0. The number of carbonyl (C=O) groups is 1. The number of anilines is 1. The molecule has 0 bridgehead atoms. The Kier molecular flexibility index (Phi) is 6.98. The number of methoxy groups -OCH3 is 1. The van der Waals surface area contributed by atoms with Crippen LogP contribution in [-0.2, 0) is 4.79 Å². The molecule has 0 saturated carbocycles. The van der Waals surface area contributed by atoms with Crippen molar-refractivity contribution in [1.29, 1.82) is 0 Å². The van der Waals surface area contributed by atoms with Crippen molar-refractivity contribution in [2.45, 2.75) is 13.0 Å². The molecule has 20 heavy (non-hydrogen) atoms. The van der Waals surface area contributed by atoms with Crippen LogP contribution in [0, 0.1) is 0 Å². The van der Waals surface area contributed by atoms with Gasteiger partial charge in [-0.15, -0.1) is 24.2 Å². The maximum Gasteiger partial charge on any atom is 0.242 e. The summed E-state index contributed by atoms with van der Waals surface area (Å²) in [7, 11) is 1.59. The maximum absolute atomic E-state index is 12.0. The molecule has 112 valence electrons. The van der Waals surface area contributed by atoms with Gasteiger partial charge in [-0.05, 0) is 19.1 Å². The summed E-state index contributed by atoms with van der Waals surface area (Å²) < 4.78 is 10.7. The van der Waals surface area contributed by atoms with Crippen LogP contribution in [-0.4, -0.2) is 37.3 Å². The van der Waals surface area contributed by atoms with Gasteiger partial charge in [-0.2, -0.15) is 0 Å². The van der Waals surface area contributed by atoms with Gasteiger partial charge in [-0.1, -0.05) is 0 Å². The molecule has 0 spiro atoms. The Balaban J connectivity index is 0.00000200. The molecule has 1 aromatic carbocycles. The van der Waals surface area contributed by atoms with E-state index in [4.69, 9.17) is 9.47 Å². The second-order valence-electron chi connectivity index (χ2n) is 4.06. The van der Waals surface area contributed by atoms with E-state index < -0.39 is 0 Å². The third kappa shape index (κ3) is 4.19. The van der Waals surface area contributed by atoms with Crippen LogP contribution in [0.5, 0.6) is 11.5 Å². The highest BCUT2D eigenvalue weighted by atomic mass is 35.5. The third-order valence-electron chi connectivity index (χ3n) is 2.76. The summed E-state index contributed by atoms with van der Waals surface area (Å²) in [6.45, 7) is 2.46. The van der Waals surface area contributed by atoms with E-state index in [9.17, 15) is 4.79 Å². The van der Waals surface area contributed by atoms with Crippen LogP contribution >= 0.6 is 24.2 Å². The summed E-state index contributed by atoms with van der Waals surface area (Å²) in [5, 5.41) is 6.02. The molecule has 1 unspecified atom stereocenters. The molecule has 1 aliphatic rings. The predicted molar refractivity (Wildman–Crippen MR) is 84.3 cm³/mol. The Labute approximate surface area is 129 Å². The highest BCUT2D eigenvalue weighted by Crippen LogP contribution is 2.30. The number of benzene rings is 1. The first-order valence-electron chi connectivity index (χ1n) is 6.17. The molecule has 2 rings (SSSR count). The van der Waals surface area contributed by atoms with Crippen molar-refractivity contribution < 1.29 is 14.3 Å². The number of carbonyl (C=O) groups excluding carboxylic acids is 1. The topological polar surface area (TPSA) is 59.6 Å². The predicted octanol–water partition coefficient (Wildman–Crippen LogP) is 2.12. The van der Waals surface area contributed by atoms with Gasteiger partial charge < -0.3 is 14.8 Å². The standard InChI is InChI=1S/C13H18N2O3S.ClH/c1-3-18-12-6-9(4-5-11(12)17-2)15-13(16)10-7-19-8-14-10;/h4-6,10,14H,3,7-8H2,1-2H3,(H,15,16);1H. The Hall–Kier alpha value is -1.11. The summed E-state index contributed by atoms with van der Waals surface area (Å²) in [5.41, 5.74) is 0.716. The van der Waals surface area contributed by atoms with Gasteiger partial charge in [0.05, 0.1) is 19.8 Å². The maximum atomic E-state index is 12.0. The molecule has 0 aliphatic carbocycles. The minimum absolute atomic E-state index is 0.